The molecule has 0 spiro atoms. The van der Waals surface area contributed by atoms with E-state index >= 15 is 0 Å². The molecular weight excluding hydrogens is 386 g/mol. The quantitative estimate of drug-likeness (QED) is 0.765. The average Bonchev–Trinajstić information content (AvgIpc) is 3.25. The molecule has 160 valence electrons. The highest BCUT2D eigenvalue weighted by Crippen LogP contribution is 2.32. The van der Waals surface area contributed by atoms with Gasteiger partial charge in [-0.25, -0.2) is 4.79 Å². The average molecular weight is 413 g/mol. The summed E-state index contributed by atoms with van der Waals surface area (Å²) in [6, 6.07) is 9.31. The van der Waals surface area contributed by atoms with Crippen molar-refractivity contribution in [3.8, 4) is 0 Å². The Bertz CT molecular complexity index is 914. The first-order chi connectivity index (χ1) is 14.4. The summed E-state index contributed by atoms with van der Waals surface area (Å²) in [5.74, 6) is -0.654. The first-order valence-corrected chi connectivity index (χ1v) is 10.2. The minimum Gasteiger partial charge on any atom is -0.385 e. The standard InChI is InChI=1S/C21H27N5O4/c22-19(27)18-4-7-26(23-18)20(28)25-10-8-24(9-11-25)15-16-2-1-3-17(14-16)21(29)5-12-30-13-6-21/h1-4,7,14,29H,5-6,8-13,15H2,(H2,22,27). The molecule has 4 rings (SSSR count). The summed E-state index contributed by atoms with van der Waals surface area (Å²) < 4.78 is 6.54. The second kappa shape index (κ2) is 8.55. The second-order valence-corrected chi connectivity index (χ2v) is 7.90. The molecule has 2 amide bonds. The first-order valence-electron chi connectivity index (χ1n) is 10.2. The number of aliphatic hydroxyl groups is 1. The molecule has 9 heteroatoms. The lowest BCUT2D eigenvalue weighted by molar-refractivity contribution is -0.0679. The number of nitrogens with zero attached hydrogens (tertiary/aromatic N) is 4. The number of primary amides is 1. The van der Waals surface area contributed by atoms with Gasteiger partial charge in [0, 0.05) is 65.0 Å². The van der Waals surface area contributed by atoms with E-state index in [2.05, 4.69) is 22.1 Å². The number of rotatable bonds is 4. The van der Waals surface area contributed by atoms with E-state index in [1.54, 1.807) is 4.90 Å². The maximum absolute atomic E-state index is 12.6. The number of amides is 2. The van der Waals surface area contributed by atoms with E-state index in [0.717, 1.165) is 35.4 Å². The van der Waals surface area contributed by atoms with Gasteiger partial charge in [-0.2, -0.15) is 9.78 Å². The molecule has 0 aliphatic carbocycles. The van der Waals surface area contributed by atoms with Crippen LogP contribution in [0.25, 0.3) is 0 Å². The van der Waals surface area contributed by atoms with Gasteiger partial charge in [-0.3, -0.25) is 9.69 Å². The molecule has 2 aliphatic heterocycles. The van der Waals surface area contributed by atoms with E-state index in [1.165, 1.54) is 12.3 Å². The van der Waals surface area contributed by atoms with Crippen LogP contribution in [-0.4, -0.2) is 76.0 Å². The first kappa shape index (κ1) is 20.5. The van der Waals surface area contributed by atoms with E-state index in [9.17, 15) is 14.7 Å². The zero-order valence-corrected chi connectivity index (χ0v) is 16.9. The predicted octanol–water partition coefficient (Wildman–Crippen LogP) is 0.766. The van der Waals surface area contributed by atoms with Gasteiger partial charge in [0.15, 0.2) is 5.69 Å². The summed E-state index contributed by atoms with van der Waals surface area (Å²) in [5.41, 5.74) is 6.55. The molecule has 3 N–H and O–H groups in total. The van der Waals surface area contributed by atoms with Crippen molar-refractivity contribution in [1.29, 1.82) is 0 Å². The summed E-state index contributed by atoms with van der Waals surface area (Å²) >= 11 is 0. The lowest BCUT2D eigenvalue weighted by Gasteiger charge is -2.35. The normalized spacial score (nSPS) is 19.6. The van der Waals surface area contributed by atoms with Crippen molar-refractivity contribution in [2.75, 3.05) is 39.4 Å². The Morgan fingerprint density at radius 2 is 1.87 bits per heavy atom. The van der Waals surface area contributed by atoms with Crippen LogP contribution in [0.3, 0.4) is 0 Å². The molecule has 2 fully saturated rings. The van der Waals surface area contributed by atoms with E-state index in [0.29, 0.717) is 39.1 Å². The third-order valence-corrected chi connectivity index (χ3v) is 5.87. The van der Waals surface area contributed by atoms with Gasteiger partial charge in [-0.05, 0) is 17.2 Å². The zero-order valence-electron chi connectivity index (χ0n) is 16.9. The van der Waals surface area contributed by atoms with E-state index in [-0.39, 0.29) is 11.7 Å². The highest BCUT2D eigenvalue weighted by atomic mass is 16.5. The van der Waals surface area contributed by atoms with Gasteiger partial charge in [0.05, 0.1) is 5.60 Å². The van der Waals surface area contributed by atoms with Crippen LogP contribution < -0.4 is 5.73 Å². The lowest BCUT2D eigenvalue weighted by atomic mass is 9.86. The molecule has 0 bridgehead atoms. The number of carbonyl (C=O) groups is 2. The van der Waals surface area contributed by atoms with Crippen LogP contribution in [0.1, 0.15) is 34.5 Å². The summed E-state index contributed by atoms with van der Waals surface area (Å²) in [5, 5.41) is 14.9. The molecule has 9 nitrogen and oxygen atoms in total. The highest BCUT2D eigenvalue weighted by Gasteiger charge is 2.32. The SMILES string of the molecule is NC(=O)c1ccn(C(=O)N2CCN(Cc3cccc(C4(O)CCOCC4)c3)CC2)n1. The fourth-order valence-electron chi connectivity index (χ4n) is 4.02. The van der Waals surface area contributed by atoms with Crippen molar-refractivity contribution in [2.45, 2.75) is 25.0 Å². The number of carbonyl (C=O) groups excluding carboxylic acids is 2. The maximum Gasteiger partial charge on any atom is 0.344 e. The Morgan fingerprint density at radius 1 is 1.13 bits per heavy atom. The Balaban J connectivity index is 1.34. The van der Waals surface area contributed by atoms with Gasteiger partial charge in [-0.15, -0.1) is 0 Å². The minimum absolute atomic E-state index is 0.0769. The summed E-state index contributed by atoms with van der Waals surface area (Å²) in [4.78, 5) is 27.7. The number of benzene rings is 1. The Morgan fingerprint density at radius 3 is 2.53 bits per heavy atom. The largest absolute Gasteiger partial charge is 0.385 e. The molecule has 0 saturated carbocycles. The fourth-order valence-corrected chi connectivity index (χ4v) is 4.02. The van der Waals surface area contributed by atoms with Crippen molar-refractivity contribution < 1.29 is 19.4 Å². The Kier molecular flexibility index (Phi) is 5.85. The number of ether oxygens (including phenoxy) is 1. The van der Waals surface area contributed by atoms with Gasteiger partial charge in [0.2, 0.25) is 0 Å². The van der Waals surface area contributed by atoms with Crippen molar-refractivity contribution in [3.05, 3.63) is 53.3 Å². The van der Waals surface area contributed by atoms with E-state index in [4.69, 9.17) is 10.5 Å². The Labute approximate surface area is 175 Å². The lowest BCUT2D eigenvalue weighted by Crippen LogP contribution is -2.49. The van der Waals surface area contributed by atoms with Gasteiger partial charge >= 0.3 is 6.03 Å². The number of hydrogen-bond donors (Lipinski definition) is 2. The van der Waals surface area contributed by atoms with Crippen molar-refractivity contribution in [1.82, 2.24) is 19.6 Å². The van der Waals surface area contributed by atoms with Crippen LogP contribution in [-0.2, 0) is 16.9 Å². The van der Waals surface area contributed by atoms with Gasteiger partial charge < -0.3 is 20.5 Å². The molecule has 30 heavy (non-hydrogen) atoms. The molecule has 2 saturated heterocycles. The van der Waals surface area contributed by atoms with Gasteiger partial charge in [-0.1, -0.05) is 24.3 Å². The number of piperazine rings is 1. The second-order valence-electron chi connectivity index (χ2n) is 7.90. The minimum atomic E-state index is -0.813. The summed E-state index contributed by atoms with van der Waals surface area (Å²) in [7, 11) is 0. The summed E-state index contributed by atoms with van der Waals surface area (Å²) in [6.45, 7) is 4.53. The van der Waals surface area contributed by atoms with Crippen molar-refractivity contribution >= 4 is 11.9 Å². The van der Waals surface area contributed by atoms with Crippen LogP contribution in [0.2, 0.25) is 0 Å². The monoisotopic (exact) mass is 413 g/mol. The fraction of sp³-hybridized carbons (Fsp3) is 0.476. The van der Waals surface area contributed by atoms with E-state index < -0.39 is 11.5 Å². The molecule has 0 atom stereocenters. The molecular formula is C21H27N5O4. The predicted molar refractivity (Wildman–Crippen MR) is 109 cm³/mol. The number of hydrogen-bond acceptors (Lipinski definition) is 6. The molecule has 2 aromatic rings. The van der Waals surface area contributed by atoms with Crippen LogP contribution >= 0.6 is 0 Å². The van der Waals surface area contributed by atoms with Gasteiger partial charge in [0.25, 0.3) is 5.91 Å². The molecule has 3 heterocycles. The number of nitrogens with two attached hydrogens (primary N) is 1. The third kappa shape index (κ3) is 4.38. The molecule has 1 aromatic carbocycles. The van der Waals surface area contributed by atoms with Crippen LogP contribution in [0, 0.1) is 0 Å². The smallest absolute Gasteiger partial charge is 0.344 e. The van der Waals surface area contributed by atoms with Crippen LogP contribution in [0.4, 0.5) is 4.79 Å². The molecule has 2 aliphatic rings. The number of aromatic nitrogens is 2. The maximum atomic E-state index is 12.6. The van der Waals surface area contributed by atoms with Crippen LogP contribution in [0.5, 0.6) is 0 Å². The highest BCUT2D eigenvalue weighted by molar-refractivity contribution is 5.91. The molecule has 1 aromatic heterocycles. The summed E-state index contributed by atoms with van der Waals surface area (Å²) in [6.07, 6.45) is 2.69. The van der Waals surface area contributed by atoms with Crippen molar-refractivity contribution in [3.63, 3.8) is 0 Å². The third-order valence-electron chi connectivity index (χ3n) is 5.87. The molecule has 0 radical (unpaired) electrons. The van der Waals surface area contributed by atoms with Gasteiger partial charge in [0.1, 0.15) is 0 Å². The molecule has 0 unspecified atom stereocenters. The van der Waals surface area contributed by atoms with Crippen LogP contribution in [0.15, 0.2) is 36.5 Å². The zero-order chi connectivity index (χ0) is 21.1. The topological polar surface area (TPSA) is 114 Å². The van der Waals surface area contributed by atoms with E-state index in [1.807, 2.05) is 12.1 Å². The Hall–Kier alpha value is -2.75. The van der Waals surface area contributed by atoms with Crippen molar-refractivity contribution in [2.24, 2.45) is 5.73 Å².